The van der Waals surface area contributed by atoms with Crippen molar-refractivity contribution < 1.29 is 0 Å². The molecule has 0 aromatic carbocycles. The summed E-state index contributed by atoms with van der Waals surface area (Å²) in [6.45, 7) is 2.26. The molecule has 0 spiro atoms. The van der Waals surface area contributed by atoms with E-state index in [1.165, 1.54) is 12.8 Å². The van der Waals surface area contributed by atoms with Crippen LogP contribution in [0.3, 0.4) is 0 Å². The van der Waals surface area contributed by atoms with E-state index >= 15 is 0 Å². The molecule has 0 saturated heterocycles. The molecule has 1 heterocycles. The van der Waals surface area contributed by atoms with Crippen LogP contribution < -0.4 is 0 Å². The van der Waals surface area contributed by atoms with Crippen LogP contribution in [0.5, 0.6) is 0 Å². The van der Waals surface area contributed by atoms with Gasteiger partial charge in [0.25, 0.3) is 0 Å². The van der Waals surface area contributed by atoms with Gasteiger partial charge in [0.05, 0.1) is 0 Å². The van der Waals surface area contributed by atoms with Gasteiger partial charge in [-0.2, -0.15) is 5.10 Å². The van der Waals surface area contributed by atoms with Crippen LogP contribution in [0.4, 0.5) is 0 Å². The standard InChI is InChI=1S/C7H11N3S/c1-5-2-6(3-5)10-4-8-9-7(10)11/h4-6H,2-3H2,1H3,(H,9,11). The Morgan fingerprint density at radius 3 is 2.91 bits per heavy atom. The first-order chi connectivity index (χ1) is 5.27. The molecule has 11 heavy (non-hydrogen) atoms. The predicted molar refractivity (Wildman–Crippen MR) is 44.8 cm³/mol. The van der Waals surface area contributed by atoms with Crippen LogP contribution in [0.25, 0.3) is 0 Å². The number of nitrogens with zero attached hydrogens (tertiary/aromatic N) is 2. The van der Waals surface area contributed by atoms with Crippen molar-refractivity contribution in [1.29, 1.82) is 0 Å². The van der Waals surface area contributed by atoms with Crippen molar-refractivity contribution in [2.75, 3.05) is 0 Å². The van der Waals surface area contributed by atoms with Gasteiger partial charge in [0.15, 0.2) is 4.77 Å². The summed E-state index contributed by atoms with van der Waals surface area (Å²) in [6.07, 6.45) is 4.28. The Kier molecular flexibility index (Phi) is 1.56. The third-order valence-electron chi connectivity index (χ3n) is 2.32. The molecule has 0 bridgehead atoms. The fraction of sp³-hybridized carbons (Fsp3) is 0.714. The average molecular weight is 169 g/mol. The molecule has 60 valence electrons. The minimum absolute atomic E-state index is 0.608. The summed E-state index contributed by atoms with van der Waals surface area (Å²) in [5.74, 6) is 0.858. The van der Waals surface area contributed by atoms with Crippen LogP contribution in [-0.2, 0) is 0 Å². The summed E-state index contributed by atoms with van der Waals surface area (Å²) in [4.78, 5) is 0. The largest absolute Gasteiger partial charge is 0.304 e. The Balaban J connectivity index is 2.19. The average Bonchev–Trinajstić information content (AvgIpc) is 2.29. The molecule has 3 nitrogen and oxygen atoms in total. The van der Waals surface area contributed by atoms with Crippen molar-refractivity contribution in [3.63, 3.8) is 0 Å². The molecule has 0 amide bonds. The number of hydrogen-bond donors (Lipinski definition) is 1. The number of aromatic nitrogens is 3. The van der Waals surface area contributed by atoms with Crippen LogP contribution in [0.2, 0.25) is 0 Å². The second-order valence-corrected chi connectivity index (χ2v) is 3.69. The molecule has 0 unspecified atom stereocenters. The molecule has 0 atom stereocenters. The van der Waals surface area contributed by atoms with E-state index in [0.717, 1.165) is 10.7 Å². The van der Waals surface area contributed by atoms with E-state index in [2.05, 4.69) is 21.7 Å². The SMILES string of the molecule is CC1CC(n2cn[nH]c2=S)C1. The van der Waals surface area contributed by atoms with Gasteiger partial charge in [-0.1, -0.05) is 6.92 Å². The normalized spacial score (nSPS) is 29.9. The molecule has 1 N–H and O–H groups in total. The second-order valence-electron chi connectivity index (χ2n) is 3.30. The number of nitrogens with one attached hydrogen (secondary N) is 1. The zero-order valence-corrected chi connectivity index (χ0v) is 7.27. The van der Waals surface area contributed by atoms with Gasteiger partial charge >= 0.3 is 0 Å². The lowest BCUT2D eigenvalue weighted by Gasteiger charge is -2.32. The predicted octanol–water partition coefficient (Wildman–Crippen LogP) is 1.91. The van der Waals surface area contributed by atoms with E-state index < -0.39 is 0 Å². The van der Waals surface area contributed by atoms with Gasteiger partial charge < -0.3 is 4.57 Å². The van der Waals surface area contributed by atoms with E-state index in [1.54, 1.807) is 6.33 Å². The zero-order valence-electron chi connectivity index (χ0n) is 6.45. The minimum atomic E-state index is 0.608. The van der Waals surface area contributed by atoms with Crippen molar-refractivity contribution in [1.82, 2.24) is 14.8 Å². The summed E-state index contributed by atoms with van der Waals surface area (Å²) in [7, 11) is 0. The lowest BCUT2D eigenvalue weighted by atomic mass is 9.82. The Labute approximate surface area is 70.4 Å². The van der Waals surface area contributed by atoms with Gasteiger partial charge in [-0.3, -0.25) is 5.10 Å². The molecule has 1 saturated carbocycles. The third kappa shape index (κ3) is 1.11. The lowest BCUT2D eigenvalue weighted by Crippen LogP contribution is -2.24. The van der Waals surface area contributed by atoms with E-state index in [1.807, 2.05) is 0 Å². The summed E-state index contributed by atoms with van der Waals surface area (Å²) in [5, 5.41) is 6.64. The monoisotopic (exact) mass is 169 g/mol. The van der Waals surface area contributed by atoms with Gasteiger partial charge in [0.1, 0.15) is 6.33 Å². The van der Waals surface area contributed by atoms with Crippen molar-refractivity contribution in [2.45, 2.75) is 25.8 Å². The Morgan fingerprint density at radius 2 is 2.45 bits per heavy atom. The second kappa shape index (κ2) is 2.44. The van der Waals surface area contributed by atoms with Crippen molar-refractivity contribution in [3.8, 4) is 0 Å². The number of H-pyrrole nitrogens is 1. The fourth-order valence-electron chi connectivity index (χ4n) is 1.60. The zero-order chi connectivity index (χ0) is 7.84. The van der Waals surface area contributed by atoms with Gasteiger partial charge in [-0.05, 0) is 31.0 Å². The Bertz CT molecular complexity index is 295. The molecule has 0 radical (unpaired) electrons. The maximum Gasteiger partial charge on any atom is 0.195 e. The molecule has 1 aliphatic rings. The molecule has 4 heteroatoms. The summed E-state index contributed by atoms with van der Waals surface area (Å²) in [6, 6.07) is 0.608. The lowest BCUT2D eigenvalue weighted by molar-refractivity contribution is 0.214. The van der Waals surface area contributed by atoms with Gasteiger partial charge in [-0.25, -0.2) is 0 Å². The van der Waals surface area contributed by atoms with Gasteiger partial charge in [0.2, 0.25) is 0 Å². The van der Waals surface area contributed by atoms with Crippen LogP contribution >= 0.6 is 12.2 Å². The minimum Gasteiger partial charge on any atom is -0.304 e. The molecule has 0 aliphatic heterocycles. The molecule has 2 rings (SSSR count). The van der Waals surface area contributed by atoms with Crippen molar-refractivity contribution >= 4 is 12.2 Å². The quantitative estimate of drug-likeness (QED) is 0.651. The highest BCUT2D eigenvalue weighted by Gasteiger charge is 2.26. The first-order valence-corrected chi connectivity index (χ1v) is 4.29. The van der Waals surface area contributed by atoms with Gasteiger partial charge in [0, 0.05) is 6.04 Å². The van der Waals surface area contributed by atoms with Crippen LogP contribution in [-0.4, -0.2) is 14.8 Å². The van der Waals surface area contributed by atoms with E-state index in [-0.39, 0.29) is 0 Å². The van der Waals surface area contributed by atoms with E-state index in [0.29, 0.717) is 6.04 Å². The molecular weight excluding hydrogens is 158 g/mol. The van der Waals surface area contributed by atoms with Crippen LogP contribution in [0.15, 0.2) is 6.33 Å². The van der Waals surface area contributed by atoms with E-state index in [9.17, 15) is 0 Å². The molecule has 1 aliphatic carbocycles. The molecule has 1 aromatic heterocycles. The summed E-state index contributed by atoms with van der Waals surface area (Å²) in [5.41, 5.74) is 0. The maximum atomic E-state index is 5.05. The summed E-state index contributed by atoms with van der Waals surface area (Å²) < 4.78 is 2.80. The van der Waals surface area contributed by atoms with Crippen LogP contribution in [0.1, 0.15) is 25.8 Å². The van der Waals surface area contributed by atoms with Gasteiger partial charge in [-0.15, -0.1) is 0 Å². The fourth-order valence-corrected chi connectivity index (χ4v) is 1.85. The highest BCUT2D eigenvalue weighted by atomic mass is 32.1. The summed E-state index contributed by atoms with van der Waals surface area (Å²) >= 11 is 5.05. The number of hydrogen-bond acceptors (Lipinski definition) is 2. The Morgan fingerprint density at radius 1 is 1.73 bits per heavy atom. The number of rotatable bonds is 1. The Hall–Kier alpha value is -0.640. The first-order valence-electron chi connectivity index (χ1n) is 3.89. The van der Waals surface area contributed by atoms with Crippen molar-refractivity contribution in [2.24, 2.45) is 5.92 Å². The molecule has 1 aromatic rings. The van der Waals surface area contributed by atoms with Crippen molar-refractivity contribution in [3.05, 3.63) is 11.1 Å². The maximum absolute atomic E-state index is 5.05. The number of aromatic amines is 1. The molecular formula is C7H11N3S. The smallest absolute Gasteiger partial charge is 0.195 e. The molecule has 1 fully saturated rings. The highest BCUT2D eigenvalue weighted by molar-refractivity contribution is 7.71. The van der Waals surface area contributed by atoms with Crippen LogP contribution in [0, 0.1) is 10.7 Å². The highest BCUT2D eigenvalue weighted by Crippen LogP contribution is 2.36. The topological polar surface area (TPSA) is 33.6 Å². The third-order valence-corrected chi connectivity index (χ3v) is 2.62. The first kappa shape index (κ1) is 7.03. The van der Waals surface area contributed by atoms with E-state index in [4.69, 9.17) is 12.2 Å².